The minimum atomic E-state index is -0.318. The first kappa shape index (κ1) is 23.1. The van der Waals surface area contributed by atoms with Gasteiger partial charge in [0, 0.05) is 43.1 Å². The first-order valence-electron chi connectivity index (χ1n) is 11.4. The van der Waals surface area contributed by atoms with Gasteiger partial charge in [-0.2, -0.15) is 5.26 Å². The van der Waals surface area contributed by atoms with E-state index in [-0.39, 0.29) is 17.0 Å². The summed E-state index contributed by atoms with van der Waals surface area (Å²) in [7, 11) is 3.26. The summed E-state index contributed by atoms with van der Waals surface area (Å²) in [6.07, 6.45) is 1.54. The third-order valence-corrected chi connectivity index (χ3v) is 7.35. The van der Waals surface area contributed by atoms with E-state index in [1.54, 1.807) is 14.2 Å². The van der Waals surface area contributed by atoms with Crippen molar-refractivity contribution in [3.8, 4) is 23.3 Å². The van der Waals surface area contributed by atoms with E-state index >= 15 is 0 Å². The predicted molar refractivity (Wildman–Crippen MR) is 137 cm³/mol. The zero-order chi connectivity index (χ0) is 24.7. The van der Waals surface area contributed by atoms with Crippen molar-refractivity contribution in [2.75, 3.05) is 25.1 Å². The van der Waals surface area contributed by atoms with Crippen LogP contribution in [0.15, 0.2) is 50.1 Å². The Hall–Kier alpha value is -3.64. The van der Waals surface area contributed by atoms with Crippen molar-refractivity contribution < 1.29 is 9.15 Å². The number of piperidine rings is 1. The highest BCUT2D eigenvalue weighted by molar-refractivity contribution is 9.10. The van der Waals surface area contributed by atoms with Crippen molar-refractivity contribution >= 4 is 32.5 Å². The van der Waals surface area contributed by atoms with Gasteiger partial charge in [0.2, 0.25) is 11.8 Å². The molecule has 0 N–H and O–H groups in total. The molecule has 2 aromatic carbocycles. The van der Waals surface area contributed by atoms with Crippen molar-refractivity contribution in [2.45, 2.75) is 25.7 Å². The zero-order valence-corrected chi connectivity index (χ0v) is 21.3. The van der Waals surface area contributed by atoms with Gasteiger partial charge in [0.15, 0.2) is 0 Å². The lowest BCUT2D eigenvalue weighted by Gasteiger charge is -2.33. The Morgan fingerprint density at radius 2 is 1.94 bits per heavy atom. The SMILES string of the molecule is COc1cc2c(cc1Br)c(N1CCC(c3nnc(-c4ccccc4C)o3)CC1)c(C#N)c(=O)n2C. The van der Waals surface area contributed by atoms with Crippen molar-refractivity contribution in [3.63, 3.8) is 0 Å². The number of pyridine rings is 1. The number of nitrogens with zero attached hydrogens (tertiary/aromatic N) is 5. The molecule has 2 aromatic heterocycles. The molecule has 0 saturated carbocycles. The van der Waals surface area contributed by atoms with Crippen molar-refractivity contribution in [3.05, 3.63) is 68.2 Å². The molecule has 3 heterocycles. The molecule has 1 fully saturated rings. The van der Waals surface area contributed by atoms with Crippen molar-refractivity contribution in [2.24, 2.45) is 7.05 Å². The van der Waals surface area contributed by atoms with Crippen LogP contribution in [0.25, 0.3) is 22.4 Å². The van der Waals surface area contributed by atoms with Crippen LogP contribution in [0.3, 0.4) is 0 Å². The van der Waals surface area contributed by atoms with E-state index in [4.69, 9.17) is 9.15 Å². The summed E-state index contributed by atoms with van der Waals surface area (Å²) >= 11 is 3.55. The topological polar surface area (TPSA) is 97.2 Å². The van der Waals surface area contributed by atoms with E-state index < -0.39 is 0 Å². The molecule has 1 aliphatic heterocycles. The number of methoxy groups -OCH3 is 1. The Labute approximate surface area is 210 Å². The highest BCUT2D eigenvalue weighted by Crippen LogP contribution is 2.38. The quantitative estimate of drug-likeness (QED) is 0.367. The average molecular weight is 534 g/mol. The lowest BCUT2D eigenvalue weighted by atomic mass is 9.95. The summed E-state index contributed by atoms with van der Waals surface area (Å²) in [5.74, 6) is 1.91. The third kappa shape index (κ3) is 3.98. The molecular weight excluding hydrogens is 510 g/mol. The Balaban J connectivity index is 1.46. The number of nitriles is 1. The minimum Gasteiger partial charge on any atom is -0.495 e. The van der Waals surface area contributed by atoms with Gasteiger partial charge in [0.05, 0.1) is 22.8 Å². The van der Waals surface area contributed by atoms with Crippen molar-refractivity contribution in [1.29, 1.82) is 5.26 Å². The summed E-state index contributed by atoms with van der Waals surface area (Å²) in [6.45, 7) is 3.34. The van der Waals surface area contributed by atoms with Crippen LogP contribution in [-0.4, -0.2) is 35.0 Å². The number of aryl methyl sites for hydroxylation is 2. The van der Waals surface area contributed by atoms with Crippen molar-refractivity contribution in [1.82, 2.24) is 14.8 Å². The van der Waals surface area contributed by atoms with Crippen LogP contribution in [0.1, 0.15) is 35.8 Å². The average Bonchev–Trinajstić information content (AvgIpc) is 3.36. The molecule has 8 nitrogen and oxygen atoms in total. The van der Waals surface area contributed by atoms with Crippen LogP contribution in [0, 0.1) is 18.3 Å². The van der Waals surface area contributed by atoms with Gasteiger partial charge in [-0.1, -0.05) is 18.2 Å². The molecule has 0 spiro atoms. The van der Waals surface area contributed by atoms with Gasteiger partial charge in [-0.25, -0.2) is 0 Å². The summed E-state index contributed by atoms with van der Waals surface area (Å²) < 4.78 is 13.8. The smallest absolute Gasteiger partial charge is 0.270 e. The summed E-state index contributed by atoms with van der Waals surface area (Å²) in [6, 6.07) is 13.8. The van der Waals surface area contributed by atoms with Crippen LogP contribution in [0.2, 0.25) is 0 Å². The van der Waals surface area contributed by atoms with E-state index in [1.165, 1.54) is 4.57 Å². The van der Waals surface area contributed by atoms with Crippen LogP contribution in [0.4, 0.5) is 5.69 Å². The van der Waals surface area contributed by atoms with Crippen LogP contribution >= 0.6 is 15.9 Å². The molecule has 0 bridgehead atoms. The molecule has 4 aromatic rings. The minimum absolute atomic E-state index is 0.117. The maximum absolute atomic E-state index is 13.0. The maximum Gasteiger partial charge on any atom is 0.270 e. The van der Waals surface area contributed by atoms with Gasteiger partial charge < -0.3 is 18.6 Å². The molecule has 0 atom stereocenters. The van der Waals surface area contributed by atoms with E-state index in [9.17, 15) is 10.1 Å². The molecule has 0 radical (unpaired) electrons. The number of rotatable bonds is 4. The molecule has 9 heteroatoms. The molecule has 0 aliphatic carbocycles. The van der Waals surface area contributed by atoms with E-state index in [1.807, 2.05) is 43.3 Å². The van der Waals surface area contributed by atoms with Gasteiger partial charge in [0.1, 0.15) is 17.4 Å². The maximum atomic E-state index is 13.0. The number of anilines is 1. The lowest BCUT2D eigenvalue weighted by Crippen LogP contribution is -2.35. The number of benzene rings is 2. The number of hydrogen-bond donors (Lipinski definition) is 0. The standard InChI is InChI=1S/C26H24BrN5O3/c1-15-6-4-5-7-17(15)25-30-29-24(35-25)16-8-10-32(11-9-16)23-18-12-20(27)22(34-3)13-21(18)31(2)26(33)19(23)14-28/h4-7,12-13,16H,8-11H2,1-3H3. The Bertz CT molecular complexity index is 1530. The second-order valence-corrected chi connectivity index (χ2v) is 9.58. The highest BCUT2D eigenvalue weighted by atomic mass is 79.9. The molecular formula is C26H24BrN5O3. The Morgan fingerprint density at radius 1 is 1.20 bits per heavy atom. The molecule has 5 rings (SSSR count). The fourth-order valence-electron chi connectivity index (χ4n) is 4.78. The molecule has 35 heavy (non-hydrogen) atoms. The summed E-state index contributed by atoms with van der Waals surface area (Å²) in [4.78, 5) is 15.2. The van der Waals surface area contributed by atoms with Gasteiger partial charge in [-0.15, -0.1) is 10.2 Å². The van der Waals surface area contributed by atoms with E-state index in [2.05, 4.69) is 37.1 Å². The molecule has 0 amide bonds. The Morgan fingerprint density at radius 3 is 2.63 bits per heavy atom. The Kier molecular flexibility index (Phi) is 6.07. The van der Waals surface area contributed by atoms with Crippen LogP contribution in [-0.2, 0) is 7.05 Å². The van der Waals surface area contributed by atoms with Crippen LogP contribution < -0.4 is 15.2 Å². The second kappa shape index (κ2) is 9.19. The van der Waals surface area contributed by atoms with Crippen LogP contribution in [0.5, 0.6) is 5.75 Å². The predicted octanol–water partition coefficient (Wildman–Crippen LogP) is 4.92. The number of halogens is 1. The molecule has 1 aliphatic rings. The fourth-order valence-corrected chi connectivity index (χ4v) is 5.29. The largest absolute Gasteiger partial charge is 0.495 e. The fraction of sp³-hybridized carbons (Fsp3) is 0.308. The van der Waals surface area contributed by atoms with E-state index in [0.717, 1.165) is 33.8 Å². The normalized spacial score (nSPS) is 14.3. The molecule has 1 saturated heterocycles. The lowest BCUT2D eigenvalue weighted by molar-refractivity contribution is 0.398. The highest BCUT2D eigenvalue weighted by Gasteiger charge is 2.29. The molecule has 178 valence electrons. The monoisotopic (exact) mass is 533 g/mol. The first-order chi connectivity index (χ1) is 16.9. The van der Waals surface area contributed by atoms with Gasteiger partial charge in [-0.3, -0.25) is 4.79 Å². The number of ether oxygens (including phenoxy) is 1. The summed E-state index contributed by atoms with van der Waals surface area (Å²) in [5, 5.41) is 19.3. The second-order valence-electron chi connectivity index (χ2n) is 8.73. The third-order valence-electron chi connectivity index (χ3n) is 6.73. The summed E-state index contributed by atoms with van der Waals surface area (Å²) in [5.41, 5.74) is 3.23. The van der Waals surface area contributed by atoms with Gasteiger partial charge in [0.25, 0.3) is 5.56 Å². The first-order valence-corrected chi connectivity index (χ1v) is 12.2. The molecule has 0 unspecified atom stereocenters. The van der Waals surface area contributed by atoms with E-state index in [0.29, 0.717) is 41.8 Å². The number of fused-ring (bicyclic) bond motifs is 1. The zero-order valence-electron chi connectivity index (χ0n) is 19.7. The van der Waals surface area contributed by atoms with Gasteiger partial charge >= 0.3 is 0 Å². The number of aromatic nitrogens is 3. The number of hydrogen-bond acceptors (Lipinski definition) is 7. The van der Waals surface area contributed by atoms with Gasteiger partial charge in [-0.05, 0) is 53.4 Å².